The summed E-state index contributed by atoms with van der Waals surface area (Å²) in [6, 6.07) is 8.94. The van der Waals surface area contributed by atoms with Crippen molar-refractivity contribution in [1.82, 2.24) is 5.32 Å². The van der Waals surface area contributed by atoms with Gasteiger partial charge in [-0.05, 0) is 25.5 Å². The molecular weight excluding hydrogens is 262 g/mol. The second kappa shape index (κ2) is 7.45. The second-order valence-electron chi connectivity index (χ2n) is 4.08. The monoisotopic (exact) mass is 277 g/mol. The topological polar surface area (TPSA) is 64.9 Å². The summed E-state index contributed by atoms with van der Waals surface area (Å²) in [4.78, 5) is 11.9. The molecule has 1 atom stereocenters. The zero-order chi connectivity index (χ0) is 14.3. The molecule has 0 saturated carbocycles. The summed E-state index contributed by atoms with van der Waals surface area (Å²) in [5.74, 6) is -0.480. The van der Waals surface area contributed by atoms with E-state index in [1.165, 1.54) is 6.20 Å². The maximum absolute atomic E-state index is 11.9. The van der Waals surface area contributed by atoms with Gasteiger partial charge in [0.1, 0.15) is 11.6 Å². The molecule has 0 saturated heterocycles. The second-order valence-corrected chi connectivity index (χ2v) is 4.49. The van der Waals surface area contributed by atoms with Gasteiger partial charge in [0, 0.05) is 12.2 Å². The zero-order valence-corrected chi connectivity index (χ0v) is 11.7. The summed E-state index contributed by atoms with van der Waals surface area (Å²) in [6.07, 6.45) is 2.34. The van der Waals surface area contributed by atoms with Gasteiger partial charge in [-0.25, -0.2) is 0 Å². The number of anilines is 1. The van der Waals surface area contributed by atoms with Crippen molar-refractivity contribution in [2.24, 2.45) is 0 Å². The molecule has 1 aromatic carbocycles. The van der Waals surface area contributed by atoms with Gasteiger partial charge in [0.25, 0.3) is 5.91 Å². The van der Waals surface area contributed by atoms with Crippen LogP contribution >= 0.6 is 11.6 Å². The van der Waals surface area contributed by atoms with Gasteiger partial charge in [-0.1, -0.05) is 30.7 Å². The van der Waals surface area contributed by atoms with Gasteiger partial charge < -0.3 is 10.6 Å². The average molecular weight is 278 g/mol. The molecule has 1 unspecified atom stereocenters. The summed E-state index contributed by atoms with van der Waals surface area (Å²) < 4.78 is 0. The van der Waals surface area contributed by atoms with Crippen molar-refractivity contribution < 1.29 is 4.79 Å². The first-order valence-electron chi connectivity index (χ1n) is 6.00. The lowest BCUT2D eigenvalue weighted by Gasteiger charge is -2.09. The lowest BCUT2D eigenvalue weighted by molar-refractivity contribution is -0.112. The number of amides is 1. The van der Waals surface area contributed by atoms with Crippen LogP contribution in [-0.2, 0) is 4.79 Å². The van der Waals surface area contributed by atoms with Crippen molar-refractivity contribution in [3.05, 3.63) is 41.1 Å². The maximum atomic E-state index is 11.9. The van der Waals surface area contributed by atoms with Crippen LogP contribution in [0.2, 0.25) is 5.02 Å². The molecular formula is C14H16ClN3O. The Morgan fingerprint density at radius 2 is 2.21 bits per heavy atom. The minimum atomic E-state index is -0.480. The van der Waals surface area contributed by atoms with Gasteiger partial charge in [-0.2, -0.15) is 5.26 Å². The highest BCUT2D eigenvalue weighted by atomic mass is 35.5. The van der Waals surface area contributed by atoms with Gasteiger partial charge in [-0.15, -0.1) is 0 Å². The van der Waals surface area contributed by atoms with Crippen LogP contribution in [0.1, 0.15) is 20.3 Å². The third kappa shape index (κ3) is 4.65. The minimum Gasteiger partial charge on any atom is -0.387 e. The van der Waals surface area contributed by atoms with Crippen LogP contribution in [0.25, 0.3) is 0 Å². The minimum absolute atomic E-state index is 0.0141. The van der Waals surface area contributed by atoms with Crippen LogP contribution in [0.15, 0.2) is 36.0 Å². The Morgan fingerprint density at radius 1 is 1.53 bits per heavy atom. The molecule has 0 aliphatic heterocycles. The third-order valence-corrected chi connectivity index (χ3v) is 2.94. The van der Waals surface area contributed by atoms with E-state index in [-0.39, 0.29) is 11.6 Å². The van der Waals surface area contributed by atoms with Crippen LogP contribution in [0.5, 0.6) is 0 Å². The van der Waals surface area contributed by atoms with Gasteiger partial charge in [0.15, 0.2) is 0 Å². The molecule has 1 rings (SSSR count). The van der Waals surface area contributed by atoms with E-state index in [9.17, 15) is 4.79 Å². The zero-order valence-electron chi connectivity index (χ0n) is 10.9. The summed E-state index contributed by atoms with van der Waals surface area (Å²) in [6.45, 7) is 3.98. The van der Waals surface area contributed by atoms with Crippen LogP contribution < -0.4 is 10.6 Å². The quantitative estimate of drug-likeness (QED) is 0.642. The Labute approximate surface area is 118 Å². The molecule has 5 heteroatoms. The first-order chi connectivity index (χ1) is 9.08. The van der Waals surface area contributed by atoms with Crippen LogP contribution in [0, 0.1) is 11.3 Å². The Bertz CT molecular complexity index is 520. The summed E-state index contributed by atoms with van der Waals surface area (Å²) in [5, 5.41) is 15.0. The van der Waals surface area contributed by atoms with E-state index >= 15 is 0 Å². The first kappa shape index (κ1) is 15.1. The molecule has 1 aromatic rings. The number of carbonyl (C=O) groups is 1. The predicted octanol–water partition coefficient (Wildman–Crippen LogP) is 3.07. The largest absolute Gasteiger partial charge is 0.387 e. The van der Waals surface area contributed by atoms with E-state index in [2.05, 4.69) is 10.6 Å². The number of nitriles is 1. The number of carbonyl (C=O) groups excluding carboxylic acids is 1. The fraction of sp³-hybridized carbons (Fsp3) is 0.286. The molecule has 4 nitrogen and oxygen atoms in total. The lowest BCUT2D eigenvalue weighted by Crippen LogP contribution is -2.22. The smallest absolute Gasteiger partial charge is 0.267 e. The number of hydrogen-bond acceptors (Lipinski definition) is 3. The molecule has 0 aliphatic carbocycles. The van der Waals surface area contributed by atoms with Crippen LogP contribution in [0.3, 0.4) is 0 Å². The van der Waals surface area contributed by atoms with E-state index < -0.39 is 5.91 Å². The van der Waals surface area contributed by atoms with E-state index in [0.717, 1.165) is 6.42 Å². The third-order valence-electron chi connectivity index (χ3n) is 2.61. The number of nitrogens with one attached hydrogen (secondary N) is 2. The van der Waals surface area contributed by atoms with E-state index in [0.29, 0.717) is 10.7 Å². The standard InChI is InChI=1S/C14H16ClN3O/c1-3-10(2)17-9-11(8-16)14(19)18-13-7-5-4-6-12(13)15/h4-7,9-10,17H,3H2,1-2H3,(H,18,19)/b11-9-. The fourth-order valence-electron chi connectivity index (χ4n) is 1.24. The normalized spacial score (nSPS) is 12.4. The fourth-order valence-corrected chi connectivity index (χ4v) is 1.43. The molecule has 1 amide bonds. The number of para-hydroxylation sites is 1. The molecule has 0 radical (unpaired) electrons. The Kier molecular flexibility index (Phi) is 5.91. The molecule has 19 heavy (non-hydrogen) atoms. The highest BCUT2D eigenvalue weighted by Crippen LogP contribution is 2.20. The molecule has 2 N–H and O–H groups in total. The van der Waals surface area contributed by atoms with Gasteiger partial charge in [0.05, 0.1) is 10.7 Å². The maximum Gasteiger partial charge on any atom is 0.267 e. The van der Waals surface area contributed by atoms with E-state index in [4.69, 9.17) is 16.9 Å². The van der Waals surface area contributed by atoms with Crippen LogP contribution in [-0.4, -0.2) is 11.9 Å². The van der Waals surface area contributed by atoms with Crippen molar-refractivity contribution in [1.29, 1.82) is 5.26 Å². The molecule has 0 heterocycles. The molecule has 0 fully saturated rings. The highest BCUT2D eigenvalue weighted by molar-refractivity contribution is 6.33. The molecule has 0 aliphatic rings. The van der Waals surface area contributed by atoms with Crippen LogP contribution in [0.4, 0.5) is 5.69 Å². The molecule has 0 aromatic heterocycles. The van der Waals surface area contributed by atoms with E-state index in [1.807, 2.05) is 19.9 Å². The van der Waals surface area contributed by atoms with Crippen molar-refractivity contribution in [3.63, 3.8) is 0 Å². The van der Waals surface area contributed by atoms with Crippen molar-refractivity contribution >= 4 is 23.2 Å². The highest BCUT2D eigenvalue weighted by Gasteiger charge is 2.11. The molecule has 0 bridgehead atoms. The summed E-state index contributed by atoms with van der Waals surface area (Å²) in [5.41, 5.74) is 0.499. The number of benzene rings is 1. The number of rotatable bonds is 5. The Hall–Kier alpha value is -1.99. The number of nitrogens with zero attached hydrogens (tertiary/aromatic N) is 1. The SMILES string of the molecule is CCC(C)N/C=C(/C#N)C(=O)Nc1ccccc1Cl. The number of halogens is 1. The Morgan fingerprint density at radius 3 is 2.79 bits per heavy atom. The van der Waals surface area contributed by atoms with Gasteiger partial charge >= 0.3 is 0 Å². The summed E-state index contributed by atoms with van der Waals surface area (Å²) >= 11 is 5.93. The first-order valence-corrected chi connectivity index (χ1v) is 6.38. The summed E-state index contributed by atoms with van der Waals surface area (Å²) in [7, 11) is 0. The molecule has 100 valence electrons. The average Bonchev–Trinajstić information content (AvgIpc) is 2.41. The van der Waals surface area contributed by atoms with Crippen molar-refractivity contribution in [3.8, 4) is 6.07 Å². The van der Waals surface area contributed by atoms with Crippen molar-refractivity contribution in [2.45, 2.75) is 26.3 Å². The predicted molar refractivity (Wildman–Crippen MR) is 76.7 cm³/mol. The number of hydrogen-bond donors (Lipinski definition) is 2. The van der Waals surface area contributed by atoms with Gasteiger partial charge in [0.2, 0.25) is 0 Å². The van der Waals surface area contributed by atoms with Crippen molar-refractivity contribution in [2.75, 3.05) is 5.32 Å². The van der Waals surface area contributed by atoms with E-state index in [1.54, 1.807) is 24.3 Å². The van der Waals surface area contributed by atoms with Gasteiger partial charge in [-0.3, -0.25) is 4.79 Å². The Balaban J connectivity index is 2.76. The lowest BCUT2D eigenvalue weighted by atomic mass is 10.2. The molecule has 0 spiro atoms.